The van der Waals surface area contributed by atoms with E-state index < -0.39 is 0 Å². The molecule has 1 amide bonds. The number of amides is 1. The van der Waals surface area contributed by atoms with Crippen molar-refractivity contribution < 1.29 is 4.79 Å². The fourth-order valence-electron chi connectivity index (χ4n) is 1.87. The molecular formula is C13H17ClN4OS2. The van der Waals surface area contributed by atoms with Crippen molar-refractivity contribution >= 4 is 40.6 Å². The van der Waals surface area contributed by atoms with Gasteiger partial charge in [-0.15, -0.1) is 11.3 Å². The topological polar surface area (TPSA) is 59.8 Å². The fourth-order valence-corrected chi connectivity index (χ4v) is 3.25. The van der Waals surface area contributed by atoms with E-state index in [1.165, 1.54) is 11.3 Å². The molecule has 0 radical (unpaired) electrons. The first-order chi connectivity index (χ1) is 10.0. The van der Waals surface area contributed by atoms with Crippen molar-refractivity contribution in [1.82, 2.24) is 20.1 Å². The molecule has 0 aliphatic heterocycles. The summed E-state index contributed by atoms with van der Waals surface area (Å²) in [6, 6.07) is 0. The van der Waals surface area contributed by atoms with Crippen molar-refractivity contribution in [2.45, 2.75) is 31.2 Å². The third-order valence-corrected chi connectivity index (χ3v) is 5.43. The highest BCUT2D eigenvalue weighted by Gasteiger charge is 2.11. The molecular weight excluding hydrogens is 328 g/mol. The summed E-state index contributed by atoms with van der Waals surface area (Å²) in [5.74, 6) is -0.127. The van der Waals surface area contributed by atoms with Crippen molar-refractivity contribution in [2.24, 2.45) is 0 Å². The lowest BCUT2D eigenvalue weighted by molar-refractivity contribution is 0.0948. The predicted molar refractivity (Wildman–Crippen MR) is 87.6 cm³/mol. The zero-order valence-electron chi connectivity index (χ0n) is 12.1. The SMILES string of the molecule is CSc1nc(C(=O)NCCCn2nc(C)c(Cl)c2C)cs1. The molecule has 2 heterocycles. The summed E-state index contributed by atoms with van der Waals surface area (Å²) in [6.45, 7) is 5.15. The van der Waals surface area contributed by atoms with Crippen LogP contribution in [0.25, 0.3) is 0 Å². The van der Waals surface area contributed by atoms with Crippen molar-refractivity contribution in [3.63, 3.8) is 0 Å². The molecule has 0 saturated heterocycles. The summed E-state index contributed by atoms with van der Waals surface area (Å²) in [7, 11) is 0. The number of carbonyl (C=O) groups is 1. The Bertz CT molecular complexity index is 638. The smallest absolute Gasteiger partial charge is 0.270 e. The Kier molecular flexibility index (Phi) is 5.66. The Hall–Kier alpha value is -1.05. The highest BCUT2D eigenvalue weighted by molar-refractivity contribution is 8.00. The molecule has 0 unspecified atom stereocenters. The molecule has 0 aliphatic carbocycles. The molecule has 5 nitrogen and oxygen atoms in total. The fraction of sp³-hybridized carbons (Fsp3) is 0.462. The van der Waals surface area contributed by atoms with E-state index in [1.807, 2.05) is 24.8 Å². The van der Waals surface area contributed by atoms with Gasteiger partial charge in [0.1, 0.15) is 10.0 Å². The highest BCUT2D eigenvalue weighted by Crippen LogP contribution is 2.20. The summed E-state index contributed by atoms with van der Waals surface area (Å²) in [5.41, 5.74) is 2.29. The van der Waals surface area contributed by atoms with Crippen molar-refractivity contribution in [3.05, 3.63) is 27.5 Å². The molecule has 0 atom stereocenters. The zero-order valence-corrected chi connectivity index (χ0v) is 14.5. The number of thioether (sulfide) groups is 1. The summed E-state index contributed by atoms with van der Waals surface area (Å²) >= 11 is 9.12. The van der Waals surface area contributed by atoms with Gasteiger partial charge in [0.2, 0.25) is 0 Å². The Morgan fingerprint density at radius 3 is 2.86 bits per heavy atom. The van der Waals surface area contributed by atoms with Gasteiger partial charge in [-0.3, -0.25) is 9.48 Å². The molecule has 0 saturated carbocycles. The normalized spacial score (nSPS) is 10.9. The zero-order chi connectivity index (χ0) is 15.4. The lowest BCUT2D eigenvalue weighted by atomic mass is 10.3. The summed E-state index contributed by atoms with van der Waals surface area (Å²) in [6.07, 6.45) is 2.74. The summed E-state index contributed by atoms with van der Waals surface area (Å²) in [4.78, 5) is 16.1. The molecule has 0 bridgehead atoms. The molecule has 0 fully saturated rings. The monoisotopic (exact) mass is 344 g/mol. The summed E-state index contributed by atoms with van der Waals surface area (Å²) < 4.78 is 2.77. The molecule has 8 heteroatoms. The number of hydrogen-bond acceptors (Lipinski definition) is 5. The largest absolute Gasteiger partial charge is 0.351 e. The number of nitrogens with zero attached hydrogens (tertiary/aromatic N) is 3. The Balaban J connectivity index is 1.79. The minimum Gasteiger partial charge on any atom is -0.351 e. The Morgan fingerprint density at radius 1 is 1.52 bits per heavy atom. The average Bonchev–Trinajstić information content (AvgIpc) is 3.05. The Labute approximate surface area is 137 Å². The van der Waals surface area contributed by atoms with Gasteiger partial charge in [0, 0.05) is 18.5 Å². The maximum atomic E-state index is 11.9. The highest BCUT2D eigenvalue weighted by atomic mass is 35.5. The number of hydrogen-bond donors (Lipinski definition) is 1. The maximum Gasteiger partial charge on any atom is 0.270 e. The van der Waals surface area contributed by atoms with Gasteiger partial charge in [-0.2, -0.15) is 5.10 Å². The van der Waals surface area contributed by atoms with Crippen molar-refractivity contribution in [1.29, 1.82) is 0 Å². The first kappa shape index (κ1) is 16.3. The molecule has 0 aromatic carbocycles. The lowest BCUT2D eigenvalue weighted by Gasteiger charge is -2.05. The molecule has 0 spiro atoms. The van der Waals surface area contributed by atoms with Crippen molar-refractivity contribution in [3.8, 4) is 0 Å². The van der Waals surface area contributed by atoms with Gasteiger partial charge >= 0.3 is 0 Å². The van der Waals surface area contributed by atoms with Crippen LogP contribution in [0, 0.1) is 13.8 Å². The second-order valence-corrected chi connectivity index (χ2v) is 6.81. The number of carbonyl (C=O) groups excluding carboxylic acids is 1. The van der Waals surface area contributed by atoms with Gasteiger partial charge in [-0.1, -0.05) is 23.4 Å². The summed E-state index contributed by atoms with van der Waals surface area (Å²) in [5, 5.41) is 9.72. The predicted octanol–water partition coefficient (Wildman–Crippen LogP) is 3.15. The number of aromatic nitrogens is 3. The molecule has 2 aromatic heterocycles. The van der Waals surface area contributed by atoms with E-state index in [0.29, 0.717) is 17.3 Å². The van der Waals surface area contributed by atoms with Gasteiger partial charge in [0.05, 0.1) is 16.4 Å². The van der Waals surface area contributed by atoms with Gasteiger partial charge in [-0.25, -0.2) is 4.98 Å². The van der Waals surface area contributed by atoms with Crippen LogP contribution in [0.4, 0.5) is 0 Å². The van der Waals surface area contributed by atoms with Crippen LogP contribution in [0.3, 0.4) is 0 Å². The van der Waals surface area contributed by atoms with Crippen LogP contribution in [0.15, 0.2) is 9.72 Å². The number of rotatable bonds is 6. The second-order valence-electron chi connectivity index (χ2n) is 4.52. The van der Waals surface area contributed by atoms with Gasteiger partial charge in [0.25, 0.3) is 5.91 Å². The maximum absolute atomic E-state index is 11.9. The van der Waals surface area contributed by atoms with Gasteiger partial charge in [-0.05, 0) is 26.5 Å². The van der Waals surface area contributed by atoms with Crippen LogP contribution in [0.5, 0.6) is 0 Å². The standard InChI is InChI=1S/C13H17ClN4OS2/c1-8-11(14)9(2)18(17-8)6-4-5-15-12(19)10-7-21-13(16-10)20-3/h7H,4-6H2,1-3H3,(H,15,19). The number of halogens is 1. The lowest BCUT2D eigenvalue weighted by Crippen LogP contribution is -2.25. The first-order valence-electron chi connectivity index (χ1n) is 6.50. The second kappa shape index (κ2) is 7.29. The van der Waals surface area contributed by atoms with E-state index in [9.17, 15) is 4.79 Å². The van der Waals surface area contributed by atoms with Crippen LogP contribution >= 0.6 is 34.7 Å². The molecule has 1 N–H and O–H groups in total. The third-order valence-electron chi connectivity index (χ3n) is 3.02. The third kappa shape index (κ3) is 3.99. The number of thiazole rings is 1. The molecule has 21 heavy (non-hydrogen) atoms. The van der Waals surface area contributed by atoms with Crippen LogP contribution in [-0.2, 0) is 6.54 Å². The van der Waals surface area contributed by atoms with Gasteiger partial charge in [0.15, 0.2) is 0 Å². The quantitative estimate of drug-likeness (QED) is 0.646. The van der Waals surface area contributed by atoms with Crippen LogP contribution in [-0.4, -0.2) is 33.5 Å². The average molecular weight is 345 g/mol. The molecule has 114 valence electrons. The van der Waals surface area contributed by atoms with E-state index in [2.05, 4.69) is 15.4 Å². The van der Waals surface area contributed by atoms with E-state index >= 15 is 0 Å². The van der Waals surface area contributed by atoms with E-state index in [1.54, 1.807) is 17.1 Å². The number of nitrogens with one attached hydrogen (secondary N) is 1. The van der Waals surface area contributed by atoms with Gasteiger partial charge < -0.3 is 5.32 Å². The minimum absolute atomic E-state index is 0.127. The minimum atomic E-state index is -0.127. The van der Waals surface area contributed by atoms with E-state index in [4.69, 9.17) is 11.6 Å². The molecule has 0 aliphatic rings. The van der Waals surface area contributed by atoms with Crippen LogP contribution in [0.1, 0.15) is 28.3 Å². The molecule has 2 rings (SSSR count). The van der Waals surface area contributed by atoms with E-state index in [-0.39, 0.29) is 5.91 Å². The van der Waals surface area contributed by atoms with Crippen LogP contribution < -0.4 is 5.32 Å². The van der Waals surface area contributed by atoms with E-state index in [0.717, 1.165) is 28.7 Å². The Morgan fingerprint density at radius 2 is 2.29 bits per heavy atom. The number of aryl methyl sites for hydroxylation is 2. The van der Waals surface area contributed by atoms with Crippen molar-refractivity contribution in [2.75, 3.05) is 12.8 Å². The first-order valence-corrected chi connectivity index (χ1v) is 8.98. The molecule has 2 aromatic rings. The van der Waals surface area contributed by atoms with Crippen LogP contribution in [0.2, 0.25) is 5.02 Å².